The van der Waals surface area contributed by atoms with Crippen molar-refractivity contribution in [2.75, 3.05) is 5.73 Å². The second kappa shape index (κ2) is 4.88. The molecule has 1 heterocycles. The number of rotatable bonds is 2. The number of aromatic nitrogens is 2. The van der Waals surface area contributed by atoms with E-state index in [0.717, 1.165) is 35.4 Å². The van der Waals surface area contributed by atoms with Crippen LogP contribution in [0.1, 0.15) is 29.7 Å². The van der Waals surface area contributed by atoms with Gasteiger partial charge in [-0.2, -0.15) is 0 Å². The quantitative estimate of drug-likeness (QED) is 0.838. The minimum Gasteiger partial charge on any atom is -0.438 e. The second-order valence-electron chi connectivity index (χ2n) is 4.94. The van der Waals surface area contributed by atoms with Gasteiger partial charge >= 0.3 is 0 Å². The molecule has 0 atom stereocenters. The first-order valence-corrected chi connectivity index (χ1v) is 6.61. The first-order chi connectivity index (χ1) is 9.24. The molecule has 0 spiro atoms. The Hall–Kier alpha value is -2.10. The van der Waals surface area contributed by atoms with E-state index in [1.54, 1.807) is 6.33 Å². The Morgan fingerprint density at radius 3 is 2.89 bits per heavy atom. The van der Waals surface area contributed by atoms with Crippen molar-refractivity contribution < 1.29 is 4.74 Å². The van der Waals surface area contributed by atoms with Gasteiger partial charge < -0.3 is 10.5 Å². The highest BCUT2D eigenvalue weighted by Gasteiger charge is 2.17. The standard InChI is InChI=1S/C15H17N3O/c1-10-6-7-11(16)8-14(10)19-15-12-4-2-3-5-13(12)17-9-18-15/h6-9H,2-5,16H2,1H3. The molecular formula is C15H17N3O. The Kier molecular flexibility index (Phi) is 3.07. The number of nitrogens with zero attached hydrogens (tertiary/aromatic N) is 2. The monoisotopic (exact) mass is 255 g/mol. The molecule has 4 nitrogen and oxygen atoms in total. The average Bonchev–Trinajstić information content (AvgIpc) is 2.43. The molecule has 0 saturated carbocycles. The summed E-state index contributed by atoms with van der Waals surface area (Å²) in [5.41, 5.74) is 9.83. The first kappa shape index (κ1) is 12.0. The van der Waals surface area contributed by atoms with Crippen LogP contribution in [0.4, 0.5) is 5.69 Å². The van der Waals surface area contributed by atoms with E-state index in [4.69, 9.17) is 10.5 Å². The largest absolute Gasteiger partial charge is 0.438 e. The van der Waals surface area contributed by atoms with Crippen molar-refractivity contribution in [1.29, 1.82) is 0 Å². The Labute approximate surface area is 112 Å². The van der Waals surface area contributed by atoms with Crippen molar-refractivity contribution in [3.8, 4) is 11.6 Å². The van der Waals surface area contributed by atoms with Crippen LogP contribution >= 0.6 is 0 Å². The van der Waals surface area contributed by atoms with Gasteiger partial charge in [0.05, 0.1) is 5.69 Å². The van der Waals surface area contributed by atoms with E-state index in [0.29, 0.717) is 11.6 Å². The van der Waals surface area contributed by atoms with Gasteiger partial charge in [-0.05, 0) is 44.2 Å². The Morgan fingerprint density at radius 1 is 1.16 bits per heavy atom. The van der Waals surface area contributed by atoms with Crippen LogP contribution in [-0.4, -0.2) is 9.97 Å². The molecular weight excluding hydrogens is 238 g/mol. The SMILES string of the molecule is Cc1ccc(N)cc1Oc1ncnc2c1CCCC2. The van der Waals surface area contributed by atoms with Crippen molar-refractivity contribution in [3.63, 3.8) is 0 Å². The number of benzene rings is 1. The summed E-state index contributed by atoms with van der Waals surface area (Å²) in [6.07, 6.45) is 5.96. The fourth-order valence-corrected chi connectivity index (χ4v) is 2.41. The van der Waals surface area contributed by atoms with Crippen LogP contribution in [0.15, 0.2) is 24.5 Å². The molecule has 0 aliphatic heterocycles. The van der Waals surface area contributed by atoms with Gasteiger partial charge in [0.15, 0.2) is 0 Å². The van der Waals surface area contributed by atoms with Gasteiger partial charge in [0.1, 0.15) is 12.1 Å². The van der Waals surface area contributed by atoms with Crippen LogP contribution in [0.2, 0.25) is 0 Å². The van der Waals surface area contributed by atoms with Crippen LogP contribution in [-0.2, 0) is 12.8 Å². The van der Waals surface area contributed by atoms with Gasteiger partial charge in [0.25, 0.3) is 0 Å². The Balaban J connectivity index is 1.97. The summed E-state index contributed by atoms with van der Waals surface area (Å²) in [7, 11) is 0. The van der Waals surface area contributed by atoms with E-state index >= 15 is 0 Å². The van der Waals surface area contributed by atoms with Crippen molar-refractivity contribution in [1.82, 2.24) is 9.97 Å². The predicted octanol–water partition coefficient (Wildman–Crippen LogP) is 3.04. The summed E-state index contributed by atoms with van der Waals surface area (Å²) < 4.78 is 5.96. The molecule has 2 aromatic rings. The molecule has 1 aromatic heterocycles. The summed E-state index contributed by atoms with van der Waals surface area (Å²) in [4.78, 5) is 8.63. The van der Waals surface area contributed by atoms with Crippen molar-refractivity contribution >= 4 is 5.69 Å². The normalized spacial score (nSPS) is 13.9. The zero-order valence-corrected chi connectivity index (χ0v) is 11.0. The lowest BCUT2D eigenvalue weighted by Crippen LogP contribution is -2.08. The number of hydrogen-bond acceptors (Lipinski definition) is 4. The van der Waals surface area contributed by atoms with Crippen LogP contribution in [0.5, 0.6) is 11.6 Å². The first-order valence-electron chi connectivity index (χ1n) is 6.61. The zero-order chi connectivity index (χ0) is 13.2. The molecule has 0 fully saturated rings. The summed E-state index contributed by atoms with van der Waals surface area (Å²) in [6.45, 7) is 2.00. The topological polar surface area (TPSA) is 61.0 Å². The summed E-state index contributed by atoms with van der Waals surface area (Å²) in [5.74, 6) is 1.45. The molecule has 0 saturated heterocycles. The third-order valence-corrected chi connectivity index (χ3v) is 3.50. The zero-order valence-electron chi connectivity index (χ0n) is 11.0. The van der Waals surface area contributed by atoms with Gasteiger partial charge in [-0.15, -0.1) is 0 Å². The molecule has 0 radical (unpaired) electrons. The fraction of sp³-hybridized carbons (Fsp3) is 0.333. The third kappa shape index (κ3) is 2.38. The van der Waals surface area contributed by atoms with Gasteiger partial charge in [0, 0.05) is 17.3 Å². The molecule has 0 bridgehead atoms. The van der Waals surface area contributed by atoms with Crippen molar-refractivity contribution in [2.24, 2.45) is 0 Å². The molecule has 1 aromatic carbocycles. The van der Waals surface area contributed by atoms with E-state index in [-0.39, 0.29) is 0 Å². The maximum Gasteiger partial charge on any atom is 0.225 e. The number of nitrogen functional groups attached to an aromatic ring is 1. The van der Waals surface area contributed by atoms with Gasteiger partial charge in [-0.1, -0.05) is 6.07 Å². The Morgan fingerprint density at radius 2 is 2.00 bits per heavy atom. The second-order valence-corrected chi connectivity index (χ2v) is 4.94. The highest BCUT2D eigenvalue weighted by molar-refractivity contribution is 5.49. The van der Waals surface area contributed by atoms with Gasteiger partial charge in [-0.25, -0.2) is 9.97 Å². The molecule has 2 N–H and O–H groups in total. The highest BCUT2D eigenvalue weighted by atomic mass is 16.5. The molecule has 1 aliphatic carbocycles. The summed E-state index contributed by atoms with van der Waals surface area (Å²) in [5, 5.41) is 0. The number of ether oxygens (including phenoxy) is 1. The minimum absolute atomic E-state index is 0.679. The smallest absolute Gasteiger partial charge is 0.225 e. The third-order valence-electron chi connectivity index (χ3n) is 3.50. The predicted molar refractivity (Wildman–Crippen MR) is 74.3 cm³/mol. The number of nitrogens with two attached hydrogens (primary N) is 1. The lowest BCUT2D eigenvalue weighted by Gasteiger charge is -2.17. The lowest BCUT2D eigenvalue weighted by molar-refractivity contribution is 0.444. The van der Waals surface area contributed by atoms with Crippen molar-refractivity contribution in [2.45, 2.75) is 32.6 Å². The number of hydrogen-bond donors (Lipinski definition) is 1. The summed E-state index contributed by atoms with van der Waals surface area (Å²) in [6, 6.07) is 5.67. The van der Waals surface area contributed by atoms with E-state index in [9.17, 15) is 0 Å². The van der Waals surface area contributed by atoms with E-state index in [2.05, 4.69) is 9.97 Å². The van der Waals surface area contributed by atoms with E-state index < -0.39 is 0 Å². The molecule has 1 aliphatic rings. The van der Waals surface area contributed by atoms with Gasteiger partial charge in [0.2, 0.25) is 5.88 Å². The fourth-order valence-electron chi connectivity index (χ4n) is 2.41. The number of aryl methyl sites for hydroxylation is 2. The average molecular weight is 255 g/mol. The maximum atomic E-state index is 5.96. The molecule has 3 rings (SSSR count). The molecule has 4 heteroatoms. The number of anilines is 1. The minimum atomic E-state index is 0.679. The van der Waals surface area contributed by atoms with Crippen molar-refractivity contribution in [3.05, 3.63) is 41.3 Å². The highest BCUT2D eigenvalue weighted by Crippen LogP contribution is 2.31. The molecule has 19 heavy (non-hydrogen) atoms. The molecule has 98 valence electrons. The molecule has 0 unspecified atom stereocenters. The van der Waals surface area contributed by atoms with E-state index in [1.807, 2.05) is 25.1 Å². The van der Waals surface area contributed by atoms with Crippen LogP contribution in [0, 0.1) is 6.92 Å². The van der Waals surface area contributed by atoms with Crippen LogP contribution in [0.3, 0.4) is 0 Å². The van der Waals surface area contributed by atoms with Crippen LogP contribution in [0.25, 0.3) is 0 Å². The maximum absolute atomic E-state index is 5.96. The lowest BCUT2D eigenvalue weighted by atomic mass is 9.97. The van der Waals surface area contributed by atoms with E-state index in [1.165, 1.54) is 12.8 Å². The Bertz CT molecular complexity index is 610. The van der Waals surface area contributed by atoms with Crippen LogP contribution < -0.4 is 10.5 Å². The summed E-state index contributed by atoms with van der Waals surface area (Å²) >= 11 is 0. The molecule has 0 amide bonds. The number of fused-ring (bicyclic) bond motifs is 1. The van der Waals surface area contributed by atoms with Gasteiger partial charge in [-0.3, -0.25) is 0 Å².